The number of nitrogens with zero attached hydrogens (tertiary/aromatic N) is 2. The van der Waals surface area contributed by atoms with Crippen molar-refractivity contribution in [3.63, 3.8) is 0 Å². The lowest BCUT2D eigenvalue weighted by molar-refractivity contribution is -0.740. The molecule has 1 aliphatic rings. The quantitative estimate of drug-likeness (QED) is 0.653. The third kappa shape index (κ3) is 2.48. The Balaban J connectivity index is 2.21. The zero-order valence-electron chi connectivity index (χ0n) is 11.9. The fraction of sp³-hybridized carbons (Fsp3) is 0.250. The number of allylic oxidation sites excluding steroid dienone is 1. The Morgan fingerprint density at radius 2 is 2.09 bits per heavy atom. The Hall–Kier alpha value is -1.94. The molecule has 0 amide bonds. The number of hydrogen-bond donors (Lipinski definition) is 2. The van der Waals surface area contributed by atoms with Crippen LogP contribution in [-0.2, 0) is 12.6 Å². The minimum Gasteiger partial charge on any atom is -0.762 e. The van der Waals surface area contributed by atoms with E-state index < -0.39 is 5.72 Å². The van der Waals surface area contributed by atoms with Crippen LogP contribution < -0.4 is 9.88 Å². The molecule has 0 aliphatic carbocycles. The molecule has 0 fully saturated rings. The monoisotopic (exact) mass is 329 g/mol. The van der Waals surface area contributed by atoms with Gasteiger partial charge < -0.3 is 23.1 Å². The lowest BCUT2D eigenvalue weighted by atomic mass is 9.82. The number of aromatic nitrogens is 1. The summed E-state index contributed by atoms with van der Waals surface area (Å²) in [6, 6.07) is 11.5. The van der Waals surface area contributed by atoms with Crippen LogP contribution in [0.2, 0.25) is 0 Å². The van der Waals surface area contributed by atoms with Gasteiger partial charge in [0.05, 0.1) is 12.0 Å². The van der Waals surface area contributed by atoms with Gasteiger partial charge >= 0.3 is 0 Å². The summed E-state index contributed by atoms with van der Waals surface area (Å²) in [6.45, 7) is 1.69. The van der Waals surface area contributed by atoms with Crippen molar-refractivity contribution in [3.8, 4) is 6.07 Å². The Labute approximate surface area is 138 Å². The average Bonchev–Trinajstić information content (AvgIpc) is 3.00. The second-order valence-corrected chi connectivity index (χ2v) is 6.78. The van der Waals surface area contributed by atoms with Crippen LogP contribution in [0.3, 0.4) is 0 Å². The molecular weight excluding hydrogens is 314 g/mol. The standard InChI is InChI=1S/C16H15N3OS2/c1-16(20)14(19-7-3-2-4-8-19)13(12-6-5-9-22-12)11(10-17)15(21)18-16/h2-9,13-14,18,20H,1H3. The van der Waals surface area contributed by atoms with Gasteiger partial charge in [-0.3, -0.25) is 0 Å². The number of hydrogen-bond acceptors (Lipinski definition) is 5. The fourth-order valence-corrected chi connectivity index (χ4v) is 4.19. The molecule has 112 valence electrons. The number of nitrogens with one attached hydrogen (secondary N) is 1. The van der Waals surface area contributed by atoms with Gasteiger partial charge in [-0.1, -0.05) is 17.2 Å². The summed E-state index contributed by atoms with van der Waals surface area (Å²) in [5, 5.41) is 25.7. The van der Waals surface area contributed by atoms with E-state index in [0.717, 1.165) is 4.88 Å². The van der Waals surface area contributed by atoms with Crippen LogP contribution in [0.15, 0.2) is 58.7 Å². The summed E-state index contributed by atoms with van der Waals surface area (Å²) < 4.78 is 1.93. The van der Waals surface area contributed by atoms with Crippen LogP contribution >= 0.6 is 11.3 Å². The summed E-state index contributed by atoms with van der Waals surface area (Å²) in [7, 11) is 0. The predicted molar refractivity (Wildman–Crippen MR) is 86.5 cm³/mol. The maximum Gasteiger partial charge on any atom is 0.217 e. The number of rotatable bonds is 2. The van der Waals surface area contributed by atoms with Gasteiger partial charge in [-0.05, 0) is 18.4 Å². The van der Waals surface area contributed by atoms with Crippen LogP contribution in [0.5, 0.6) is 0 Å². The molecule has 0 radical (unpaired) electrons. The van der Waals surface area contributed by atoms with E-state index in [9.17, 15) is 10.4 Å². The highest BCUT2D eigenvalue weighted by Crippen LogP contribution is 2.43. The molecule has 3 atom stereocenters. The molecule has 2 N–H and O–H groups in total. The van der Waals surface area contributed by atoms with E-state index in [-0.39, 0.29) is 12.0 Å². The first-order chi connectivity index (χ1) is 10.5. The van der Waals surface area contributed by atoms with E-state index in [4.69, 9.17) is 12.6 Å². The molecule has 0 aromatic carbocycles. The van der Waals surface area contributed by atoms with Gasteiger partial charge in [0.2, 0.25) is 6.04 Å². The number of aliphatic hydroxyl groups is 1. The van der Waals surface area contributed by atoms with E-state index >= 15 is 0 Å². The number of pyridine rings is 1. The summed E-state index contributed by atoms with van der Waals surface area (Å²) in [6.07, 6.45) is 3.79. The van der Waals surface area contributed by atoms with E-state index in [1.165, 1.54) is 0 Å². The van der Waals surface area contributed by atoms with Crippen LogP contribution in [0.1, 0.15) is 23.8 Å². The maximum absolute atomic E-state index is 10.9. The summed E-state index contributed by atoms with van der Waals surface area (Å²) in [5.74, 6) is -0.277. The molecule has 1 aliphatic heterocycles. The van der Waals surface area contributed by atoms with Gasteiger partial charge in [-0.25, -0.2) is 0 Å². The third-order valence-corrected chi connectivity index (χ3v) is 5.12. The summed E-state index contributed by atoms with van der Waals surface area (Å²) in [4.78, 5) is 1.02. The molecule has 0 saturated heterocycles. The molecule has 3 rings (SSSR count). The minimum absolute atomic E-state index is 0.277. The van der Waals surface area contributed by atoms with Crippen LogP contribution in [0.25, 0.3) is 0 Å². The minimum atomic E-state index is -1.25. The Morgan fingerprint density at radius 1 is 1.36 bits per heavy atom. The highest BCUT2D eigenvalue weighted by molar-refractivity contribution is 7.63. The van der Waals surface area contributed by atoms with Crippen LogP contribution in [0.4, 0.5) is 0 Å². The smallest absolute Gasteiger partial charge is 0.217 e. The first-order valence-electron chi connectivity index (χ1n) is 6.85. The maximum atomic E-state index is 10.9. The van der Waals surface area contributed by atoms with Crippen molar-refractivity contribution in [1.82, 2.24) is 5.32 Å². The third-order valence-electron chi connectivity index (χ3n) is 3.84. The van der Waals surface area contributed by atoms with E-state index in [2.05, 4.69) is 11.4 Å². The lowest BCUT2D eigenvalue weighted by Gasteiger charge is -2.42. The first-order valence-corrected chi connectivity index (χ1v) is 8.14. The second kappa shape index (κ2) is 5.69. The SMILES string of the molecule is CC1(O)NC([S-])=C(C#N)C(c2cccs2)C1[n+]1ccccc1. The van der Waals surface area contributed by atoms with E-state index in [0.29, 0.717) is 10.6 Å². The van der Waals surface area contributed by atoms with Crippen molar-refractivity contribution in [2.24, 2.45) is 0 Å². The largest absolute Gasteiger partial charge is 0.762 e. The molecule has 22 heavy (non-hydrogen) atoms. The van der Waals surface area contributed by atoms with Gasteiger partial charge in [0.1, 0.15) is 0 Å². The van der Waals surface area contributed by atoms with Crippen LogP contribution in [-0.4, -0.2) is 10.8 Å². The molecule has 4 nitrogen and oxygen atoms in total. The molecule has 0 bridgehead atoms. The molecule has 6 heteroatoms. The molecule has 2 aromatic heterocycles. The van der Waals surface area contributed by atoms with Crippen molar-refractivity contribution in [1.29, 1.82) is 5.26 Å². The topological polar surface area (TPSA) is 59.9 Å². The Bertz CT molecular complexity index is 733. The van der Waals surface area contributed by atoms with E-state index in [1.807, 2.05) is 52.7 Å². The van der Waals surface area contributed by atoms with Crippen molar-refractivity contribution in [2.75, 3.05) is 0 Å². The highest BCUT2D eigenvalue weighted by atomic mass is 32.1. The highest BCUT2D eigenvalue weighted by Gasteiger charge is 2.50. The summed E-state index contributed by atoms with van der Waals surface area (Å²) in [5.41, 5.74) is -0.761. The van der Waals surface area contributed by atoms with Crippen molar-refractivity contribution in [3.05, 3.63) is 63.6 Å². The van der Waals surface area contributed by atoms with E-state index in [1.54, 1.807) is 18.3 Å². The van der Waals surface area contributed by atoms with Crippen molar-refractivity contribution in [2.45, 2.75) is 24.6 Å². The normalized spacial score (nSPS) is 28.0. The lowest BCUT2D eigenvalue weighted by Crippen LogP contribution is -2.62. The molecule has 0 saturated carbocycles. The Morgan fingerprint density at radius 3 is 2.68 bits per heavy atom. The van der Waals surface area contributed by atoms with Gasteiger partial charge in [0, 0.05) is 22.6 Å². The zero-order chi connectivity index (χ0) is 15.7. The average molecular weight is 329 g/mol. The van der Waals surface area contributed by atoms with Gasteiger partial charge in [-0.15, -0.1) is 11.3 Å². The molecule has 3 heterocycles. The molecule has 2 aromatic rings. The first kappa shape index (κ1) is 15.0. The molecule has 0 spiro atoms. The van der Waals surface area contributed by atoms with Gasteiger partial charge in [0.15, 0.2) is 18.1 Å². The summed E-state index contributed by atoms with van der Waals surface area (Å²) >= 11 is 6.86. The van der Waals surface area contributed by atoms with Gasteiger partial charge in [0.25, 0.3) is 0 Å². The zero-order valence-corrected chi connectivity index (χ0v) is 13.6. The van der Waals surface area contributed by atoms with Crippen molar-refractivity contribution < 1.29 is 9.67 Å². The van der Waals surface area contributed by atoms with Crippen molar-refractivity contribution >= 4 is 24.0 Å². The molecule has 3 unspecified atom stereocenters. The number of nitriles is 1. The Kier molecular flexibility index (Phi) is 3.87. The predicted octanol–water partition coefficient (Wildman–Crippen LogP) is 1.95. The fourth-order valence-electron chi connectivity index (χ4n) is 2.94. The van der Waals surface area contributed by atoms with Gasteiger partial charge in [-0.2, -0.15) is 9.83 Å². The van der Waals surface area contributed by atoms with Crippen LogP contribution in [0, 0.1) is 11.3 Å². The molecular formula is C16H15N3OS2. The second-order valence-electron chi connectivity index (χ2n) is 5.39. The number of thiophene rings is 1.